The minimum atomic E-state index is -0.467. The Bertz CT molecular complexity index is 689. The molecule has 0 fully saturated rings. The van der Waals surface area contributed by atoms with Crippen molar-refractivity contribution >= 4 is 33.3 Å². The van der Waals surface area contributed by atoms with E-state index in [0.717, 1.165) is 17.4 Å². The molecular formula is C15H15BrFN3O. The molecule has 0 radical (unpaired) electrons. The van der Waals surface area contributed by atoms with E-state index in [1.54, 1.807) is 6.07 Å². The van der Waals surface area contributed by atoms with Crippen LogP contribution in [0.5, 0.6) is 0 Å². The lowest BCUT2D eigenvalue weighted by atomic mass is 10.1. The van der Waals surface area contributed by atoms with Gasteiger partial charge in [-0.05, 0) is 52.7 Å². The number of nitrogens with zero attached hydrogens (tertiary/aromatic N) is 2. The molecule has 0 unspecified atom stereocenters. The highest BCUT2D eigenvalue weighted by Crippen LogP contribution is 2.22. The van der Waals surface area contributed by atoms with Crippen molar-refractivity contribution in [3.8, 4) is 0 Å². The number of rotatable bonds is 3. The number of hydrogen-bond acceptors (Lipinski definition) is 3. The molecule has 1 heterocycles. The Morgan fingerprint density at radius 3 is 2.62 bits per heavy atom. The van der Waals surface area contributed by atoms with Gasteiger partial charge in [0.2, 0.25) is 0 Å². The van der Waals surface area contributed by atoms with Gasteiger partial charge in [0.05, 0.1) is 10.7 Å². The van der Waals surface area contributed by atoms with Gasteiger partial charge < -0.3 is 10.2 Å². The second-order valence-corrected chi connectivity index (χ2v) is 5.69. The minimum Gasteiger partial charge on any atom is -0.377 e. The van der Waals surface area contributed by atoms with Crippen LogP contribution in [0.25, 0.3) is 0 Å². The molecule has 1 aromatic carbocycles. The number of hydrogen-bond donors (Lipinski definition) is 1. The fraction of sp³-hybridized carbons (Fsp3) is 0.200. The minimum absolute atomic E-state index is 0.288. The molecule has 2 aromatic rings. The SMILES string of the molecule is Cc1cc(C(=O)Nc2ncc(F)cc2Br)ccc1N(C)C. The smallest absolute Gasteiger partial charge is 0.256 e. The fourth-order valence-corrected chi connectivity index (χ4v) is 2.40. The van der Waals surface area contributed by atoms with Crippen LogP contribution in [-0.4, -0.2) is 25.0 Å². The Morgan fingerprint density at radius 1 is 1.33 bits per heavy atom. The van der Waals surface area contributed by atoms with Crippen molar-refractivity contribution in [2.45, 2.75) is 6.92 Å². The van der Waals surface area contributed by atoms with Crippen molar-refractivity contribution < 1.29 is 9.18 Å². The van der Waals surface area contributed by atoms with Crippen LogP contribution in [0.3, 0.4) is 0 Å². The third-order valence-electron chi connectivity index (χ3n) is 2.98. The number of nitrogens with one attached hydrogen (secondary N) is 1. The summed E-state index contributed by atoms with van der Waals surface area (Å²) >= 11 is 3.17. The number of carbonyl (C=O) groups excluding carboxylic acids is 1. The van der Waals surface area contributed by atoms with Gasteiger partial charge >= 0.3 is 0 Å². The van der Waals surface area contributed by atoms with Gasteiger partial charge in [-0.25, -0.2) is 9.37 Å². The second-order valence-electron chi connectivity index (χ2n) is 4.83. The number of anilines is 2. The molecule has 0 saturated heterocycles. The standard InChI is InChI=1S/C15H15BrFN3O/c1-9-6-10(4-5-13(9)20(2)3)15(21)19-14-12(16)7-11(17)8-18-14/h4-8H,1-3H3,(H,18,19,21). The predicted molar refractivity (Wildman–Crippen MR) is 85.4 cm³/mol. The van der Waals surface area contributed by atoms with E-state index >= 15 is 0 Å². The first kappa shape index (κ1) is 15.4. The first-order chi connectivity index (χ1) is 9.88. The van der Waals surface area contributed by atoms with E-state index < -0.39 is 5.82 Å². The van der Waals surface area contributed by atoms with E-state index in [1.165, 1.54) is 6.07 Å². The van der Waals surface area contributed by atoms with Crippen LogP contribution >= 0.6 is 15.9 Å². The Morgan fingerprint density at radius 2 is 2.05 bits per heavy atom. The molecular weight excluding hydrogens is 337 g/mol. The summed E-state index contributed by atoms with van der Waals surface area (Å²) in [5, 5.41) is 2.65. The van der Waals surface area contributed by atoms with Crippen LogP contribution in [-0.2, 0) is 0 Å². The average Bonchev–Trinajstić information content (AvgIpc) is 2.41. The molecule has 0 atom stereocenters. The molecule has 4 nitrogen and oxygen atoms in total. The van der Waals surface area contributed by atoms with Crippen LogP contribution in [0.1, 0.15) is 15.9 Å². The van der Waals surface area contributed by atoms with Crippen LogP contribution < -0.4 is 10.2 Å². The van der Waals surface area contributed by atoms with Crippen molar-refractivity contribution in [2.75, 3.05) is 24.3 Å². The van der Waals surface area contributed by atoms with Crippen molar-refractivity contribution in [2.24, 2.45) is 0 Å². The van der Waals surface area contributed by atoms with Gasteiger partial charge in [0.1, 0.15) is 11.6 Å². The van der Waals surface area contributed by atoms with E-state index in [4.69, 9.17) is 0 Å². The van der Waals surface area contributed by atoms with E-state index in [2.05, 4.69) is 26.2 Å². The van der Waals surface area contributed by atoms with Gasteiger partial charge in [0, 0.05) is 25.3 Å². The van der Waals surface area contributed by atoms with Crippen molar-refractivity contribution in [1.82, 2.24) is 4.98 Å². The maximum Gasteiger partial charge on any atom is 0.256 e. The van der Waals surface area contributed by atoms with Crippen LogP contribution in [0, 0.1) is 12.7 Å². The third-order valence-corrected chi connectivity index (χ3v) is 3.59. The summed E-state index contributed by atoms with van der Waals surface area (Å²) in [4.78, 5) is 18.0. The first-order valence-corrected chi connectivity index (χ1v) is 7.08. The number of benzene rings is 1. The van der Waals surface area contributed by atoms with Crippen LogP contribution in [0.2, 0.25) is 0 Å². The summed E-state index contributed by atoms with van der Waals surface area (Å²) in [6.45, 7) is 1.94. The topological polar surface area (TPSA) is 45.2 Å². The van der Waals surface area contributed by atoms with Crippen molar-refractivity contribution in [3.63, 3.8) is 0 Å². The highest BCUT2D eigenvalue weighted by molar-refractivity contribution is 9.10. The maximum absolute atomic E-state index is 13.0. The quantitative estimate of drug-likeness (QED) is 0.918. The molecule has 1 aromatic heterocycles. The number of pyridine rings is 1. The molecule has 0 aliphatic rings. The molecule has 6 heteroatoms. The molecule has 110 valence electrons. The third kappa shape index (κ3) is 3.58. The fourth-order valence-electron chi connectivity index (χ4n) is 1.98. The zero-order chi connectivity index (χ0) is 15.6. The number of halogens is 2. The maximum atomic E-state index is 13.0. The van der Waals surface area contributed by atoms with Gasteiger partial charge in [-0.1, -0.05) is 0 Å². The highest BCUT2D eigenvalue weighted by Gasteiger charge is 2.12. The molecule has 21 heavy (non-hydrogen) atoms. The van der Waals surface area contributed by atoms with Crippen molar-refractivity contribution in [3.05, 3.63) is 51.9 Å². The zero-order valence-electron chi connectivity index (χ0n) is 11.9. The summed E-state index contributed by atoms with van der Waals surface area (Å²) in [6.07, 6.45) is 1.06. The lowest BCUT2D eigenvalue weighted by Crippen LogP contribution is -2.15. The Kier molecular flexibility index (Phi) is 4.57. The van der Waals surface area contributed by atoms with Gasteiger partial charge in [-0.15, -0.1) is 0 Å². The Labute approximate surface area is 131 Å². The Balaban J connectivity index is 2.22. The summed E-state index contributed by atoms with van der Waals surface area (Å²) in [5.41, 5.74) is 2.57. The predicted octanol–water partition coefficient (Wildman–Crippen LogP) is 3.61. The molecule has 0 saturated carbocycles. The van der Waals surface area contributed by atoms with Crippen LogP contribution in [0.15, 0.2) is 34.9 Å². The second kappa shape index (κ2) is 6.22. The molecule has 2 rings (SSSR count). The lowest BCUT2D eigenvalue weighted by molar-refractivity contribution is 0.102. The molecule has 1 N–H and O–H groups in total. The van der Waals surface area contributed by atoms with E-state index in [1.807, 2.05) is 38.1 Å². The van der Waals surface area contributed by atoms with Gasteiger partial charge in [0.15, 0.2) is 0 Å². The summed E-state index contributed by atoms with van der Waals surface area (Å²) in [6, 6.07) is 6.69. The normalized spacial score (nSPS) is 10.3. The summed E-state index contributed by atoms with van der Waals surface area (Å²) < 4.78 is 13.4. The van der Waals surface area contributed by atoms with Gasteiger partial charge in [-0.2, -0.15) is 0 Å². The van der Waals surface area contributed by atoms with Gasteiger partial charge in [0.25, 0.3) is 5.91 Å². The van der Waals surface area contributed by atoms with Crippen LogP contribution in [0.4, 0.5) is 15.9 Å². The zero-order valence-corrected chi connectivity index (χ0v) is 13.5. The van der Waals surface area contributed by atoms with E-state index in [0.29, 0.717) is 10.0 Å². The number of aryl methyl sites for hydroxylation is 1. The number of carbonyl (C=O) groups is 1. The summed E-state index contributed by atoms with van der Waals surface area (Å²) in [7, 11) is 3.89. The molecule has 0 bridgehead atoms. The van der Waals surface area contributed by atoms with Gasteiger partial charge in [-0.3, -0.25) is 4.79 Å². The monoisotopic (exact) mass is 351 g/mol. The van der Waals surface area contributed by atoms with E-state index in [-0.39, 0.29) is 11.7 Å². The molecule has 0 spiro atoms. The summed E-state index contributed by atoms with van der Waals surface area (Å²) in [5.74, 6) is -0.468. The molecule has 0 aliphatic carbocycles. The highest BCUT2D eigenvalue weighted by atomic mass is 79.9. The molecule has 0 aliphatic heterocycles. The van der Waals surface area contributed by atoms with E-state index in [9.17, 15) is 9.18 Å². The average molecular weight is 352 g/mol. The largest absolute Gasteiger partial charge is 0.377 e. The number of aromatic nitrogens is 1. The van der Waals surface area contributed by atoms with Crippen molar-refractivity contribution in [1.29, 1.82) is 0 Å². The molecule has 1 amide bonds. The first-order valence-electron chi connectivity index (χ1n) is 6.29. The Hall–Kier alpha value is -1.95. The number of amides is 1. The lowest BCUT2D eigenvalue weighted by Gasteiger charge is -2.16.